The topological polar surface area (TPSA) is 154 Å². The summed E-state index contributed by atoms with van der Waals surface area (Å²) in [5.74, 6) is -1.20. The molecule has 0 spiro atoms. The summed E-state index contributed by atoms with van der Waals surface area (Å²) >= 11 is 0. The maximum atomic E-state index is 12.0. The summed E-state index contributed by atoms with van der Waals surface area (Å²) in [6.07, 6.45) is 0. The number of guanidine groups is 1. The zero-order valence-electron chi connectivity index (χ0n) is 14.3. The molecule has 0 bridgehead atoms. The molecule has 1 heterocycles. The third-order valence-electron chi connectivity index (χ3n) is 2.94. The summed E-state index contributed by atoms with van der Waals surface area (Å²) in [6.45, 7) is 4.64. The first kappa shape index (κ1) is 19.7. The van der Waals surface area contributed by atoms with Crippen LogP contribution in [0.4, 0.5) is 5.69 Å². The van der Waals surface area contributed by atoms with Crippen molar-refractivity contribution in [1.82, 2.24) is 5.01 Å². The first-order valence-electron chi connectivity index (χ1n) is 7.15. The lowest BCUT2D eigenvalue weighted by Crippen LogP contribution is -2.38. The highest BCUT2D eigenvalue weighted by Crippen LogP contribution is 2.29. The number of azo groups is 1. The lowest BCUT2D eigenvalue weighted by molar-refractivity contribution is -0.134. The van der Waals surface area contributed by atoms with E-state index in [4.69, 9.17) is 25.8 Å². The molecular weight excluding hydrogens is 328 g/mol. The number of ether oxygens (including phenoxy) is 1. The van der Waals surface area contributed by atoms with Crippen LogP contribution in [-0.4, -0.2) is 46.8 Å². The molecule has 0 aromatic heterocycles. The van der Waals surface area contributed by atoms with E-state index >= 15 is 0 Å². The quantitative estimate of drug-likeness (QED) is 0.430. The number of nitrogens with zero attached hydrogens (tertiary/aromatic N) is 4. The predicted molar refractivity (Wildman–Crippen MR) is 91.2 cm³/mol. The van der Waals surface area contributed by atoms with Crippen molar-refractivity contribution in [3.63, 3.8) is 0 Å². The average molecular weight is 348 g/mol. The Morgan fingerprint density at radius 2 is 2.04 bits per heavy atom. The third-order valence-corrected chi connectivity index (χ3v) is 2.94. The van der Waals surface area contributed by atoms with Crippen molar-refractivity contribution < 1.29 is 19.4 Å². The number of carbonyl (C=O) groups excluding carboxylic acids is 1. The van der Waals surface area contributed by atoms with Gasteiger partial charge in [0.15, 0.2) is 6.04 Å². The number of amides is 1. The van der Waals surface area contributed by atoms with E-state index in [1.54, 1.807) is 19.1 Å². The Morgan fingerprint density at radius 1 is 1.44 bits per heavy atom. The molecule has 0 saturated heterocycles. The first-order valence-corrected chi connectivity index (χ1v) is 7.15. The monoisotopic (exact) mass is 348 g/mol. The van der Waals surface area contributed by atoms with Gasteiger partial charge in [0, 0.05) is 6.92 Å². The number of aryl methyl sites for hydroxylation is 1. The van der Waals surface area contributed by atoms with Gasteiger partial charge in [-0.3, -0.25) is 15.0 Å². The van der Waals surface area contributed by atoms with E-state index in [0.29, 0.717) is 17.1 Å². The van der Waals surface area contributed by atoms with Crippen LogP contribution in [0.15, 0.2) is 33.5 Å². The van der Waals surface area contributed by atoms with Crippen molar-refractivity contribution in [3.05, 3.63) is 23.8 Å². The van der Waals surface area contributed by atoms with E-state index < -0.39 is 23.9 Å². The van der Waals surface area contributed by atoms with E-state index in [2.05, 4.69) is 15.3 Å². The zero-order valence-corrected chi connectivity index (χ0v) is 14.3. The molecule has 25 heavy (non-hydrogen) atoms. The number of hydrazone groups is 1. The van der Waals surface area contributed by atoms with E-state index in [9.17, 15) is 4.79 Å². The molecule has 4 N–H and O–H groups in total. The molecule has 1 aliphatic rings. The number of carbonyl (C=O) groups is 2. The normalized spacial score (nSPS) is 16.3. The Morgan fingerprint density at radius 3 is 2.52 bits per heavy atom. The van der Waals surface area contributed by atoms with Crippen LogP contribution in [0.3, 0.4) is 0 Å². The largest absolute Gasteiger partial charge is 0.494 e. The molecule has 0 saturated carbocycles. The van der Waals surface area contributed by atoms with Gasteiger partial charge in [0.25, 0.3) is 11.9 Å². The molecule has 1 unspecified atom stereocenters. The van der Waals surface area contributed by atoms with Crippen LogP contribution in [0, 0.1) is 12.3 Å². The summed E-state index contributed by atoms with van der Waals surface area (Å²) in [5.41, 5.74) is 7.24. The number of methoxy groups -OCH3 is 1. The van der Waals surface area contributed by atoms with Crippen molar-refractivity contribution in [2.24, 2.45) is 21.1 Å². The molecule has 10 heteroatoms. The van der Waals surface area contributed by atoms with Crippen molar-refractivity contribution in [3.8, 4) is 5.75 Å². The highest BCUT2D eigenvalue weighted by molar-refractivity contribution is 6.15. The summed E-state index contributed by atoms with van der Waals surface area (Å²) < 4.78 is 5.20. The number of benzene rings is 1. The minimum absolute atomic E-state index is 0.436. The number of rotatable bonds is 3. The molecule has 1 aliphatic heterocycles. The van der Waals surface area contributed by atoms with Crippen LogP contribution in [0.5, 0.6) is 5.75 Å². The lowest BCUT2D eigenvalue weighted by atomic mass is 10.2. The zero-order chi connectivity index (χ0) is 19.1. The third kappa shape index (κ3) is 5.37. The maximum absolute atomic E-state index is 12.0. The number of nitrogens with one attached hydrogen (secondary N) is 1. The summed E-state index contributed by atoms with van der Waals surface area (Å²) in [7, 11) is 1.54. The van der Waals surface area contributed by atoms with E-state index in [-0.39, 0.29) is 0 Å². The van der Waals surface area contributed by atoms with Gasteiger partial charge in [0.2, 0.25) is 5.96 Å². The maximum Gasteiger partial charge on any atom is 0.300 e. The standard InChI is InChI=1S/C13H16N6O2.C2H4O2/c1-7-4-5-10(21-3)9(6-7)16-17-11-8(2)18-19(12(11)20)13(14)15;1-2(3)4/h4-6,11H,1-3H3,(H3,14,15);1H3,(H,3,4). The van der Waals surface area contributed by atoms with Crippen LogP contribution in [0.25, 0.3) is 0 Å². The Hall–Kier alpha value is -3.30. The van der Waals surface area contributed by atoms with Crippen molar-refractivity contribution in [2.75, 3.05) is 7.11 Å². The number of aliphatic carboxylic acids is 1. The Balaban J connectivity index is 0.000000705. The number of hydrogen-bond donors (Lipinski definition) is 3. The second-order valence-electron chi connectivity index (χ2n) is 5.09. The van der Waals surface area contributed by atoms with Gasteiger partial charge >= 0.3 is 0 Å². The van der Waals surface area contributed by atoms with E-state index in [1.807, 2.05) is 13.0 Å². The Bertz CT molecular complexity index is 740. The predicted octanol–water partition coefficient (Wildman–Crippen LogP) is 1.66. The lowest BCUT2D eigenvalue weighted by Gasteiger charge is -2.09. The van der Waals surface area contributed by atoms with Gasteiger partial charge in [-0.2, -0.15) is 20.3 Å². The van der Waals surface area contributed by atoms with Gasteiger partial charge in [0.05, 0.1) is 12.8 Å². The number of carboxylic acid groups (broad SMARTS) is 1. The fourth-order valence-electron chi connectivity index (χ4n) is 1.86. The minimum Gasteiger partial charge on any atom is -0.494 e. The first-order chi connectivity index (χ1) is 11.7. The molecule has 1 aromatic rings. The second kappa shape index (κ2) is 8.52. The fraction of sp³-hybridized carbons (Fsp3) is 0.333. The molecule has 1 atom stereocenters. The highest BCUT2D eigenvalue weighted by atomic mass is 16.5. The molecule has 134 valence electrons. The van der Waals surface area contributed by atoms with Crippen LogP contribution in [-0.2, 0) is 9.59 Å². The molecule has 10 nitrogen and oxygen atoms in total. The van der Waals surface area contributed by atoms with Gasteiger partial charge < -0.3 is 15.6 Å². The van der Waals surface area contributed by atoms with Gasteiger partial charge in [-0.1, -0.05) is 6.07 Å². The van der Waals surface area contributed by atoms with E-state index in [0.717, 1.165) is 17.5 Å². The van der Waals surface area contributed by atoms with Gasteiger partial charge in [-0.05, 0) is 31.5 Å². The minimum atomic E-state index is -0.862. The van der Waals surface area contributed by atoms with Crippen molar-refractivity contribution >= 4 is 29.2 Å². The Labute approximate surface area is 144 Å². The van der Waals surface area contributed by atoms with Crippen molar-refractivity contribution in [2.45, 2.75) is 26.8 Å². The molecule has 0 aliphatic carbocycles. The molecule has 1 aromatic carbocycles. The van der Waals surface area contributed by atoms with Gasteiger partial charge in [0.1, 0.15) is 11.4 Å². The van der Waals surface area contributed by atoms with Crippen LogP contribution in [0.1, 0.15) is 19.4 Å². The molecule has 1 amide bonds. The summed E-state index contributed by atoms with van der Waals surface area (Å²) in [6, 6.07) is 4.61. The Kier molecular flexibility index (Phi) is 6.73. The summed E-state index contributed by atoms with van der Waals surface area (Å²) in [5, 5.41) is 27.5. The second-order valence-corrected chi connectivity index (χ2v) is 5.09. The summed E-state index contributed by atoms with van der Waals surface area (Å²) in [4.78, 5) is 21.0. The van der Waals surface area contributed by atoms with E-state index in [1.165, 1.54) is 7.11 Å². The van der Waals surface area contributed by atoms with Crippen LogP contribution in [0.2, 0.25) is 0 Å². The molecular formula is C15H20N6O4. The van der Waals surface area contributed by atoms with Gasteiger partial charge in [-0.15, -0.1) is 0 Å². The molecule has 2 rings (SSSR count). The number of nitrogens with two attached hydrogens (primary N) is 1. The molecule has 0 radical (unpaired) electrons. The average Bonchev–Trinajstić information content (AvgIpc) is 2.80. The van der Waals surface area contributed by atoms with Crippen LogP contribution >= 0.6 is 0 Å². The van der Waals surface area contributed by atoms with Gasteiger partial charge in [-0.25, -0.2) is 0 Å². The number of carboxylic acids is 1. The van der Waals surface area contributed by atoms with Crippen LogP contribution < -0.4 is 10.5 Å². The smallest absolute Gasteiger partial charge is 0.300 e. The number of hydrogen-bond acceptors (Lipinski definition) is 7. The molecule has 0 fully saturated rings. The van der Waals surface area contributed by atoms with Crippen molar-refractivity contribution in [1.29, 1.82) is 5.41 Å². The SMILES string of the molecule is CC(=O)O.COc1ccc(C)cc1N=NC1C(=O)N(C(=N)N)N=C1C. The highest BCUT2D eigenvalue weighted by Gasteiger charge is 2.35. The fourth-order valence-corrected chi connectivity index (χ4v) is 1.86.